The summed E-state index contributed by atoms with van der Waals surface area (Å²) in [6.07, 6.45) is 3.94. The molecule has 0 unspecified atom stereocenters. The van der Waals surface area contributed by atoms with Crippen molar-refractivity contribution in [1.29, 1.82) is 0 Å². The number of nitrogens with zero attached hydrogens (tertiary/aromatic N) is 3. The highest BCUT2D eigenvalue weighted by Gasteiger charge is 2.25. The third kappa shape index (κ3) is 5.80. The molecule has 184 valence electrons. The molecule has 0 fully saturated rings. The minimum Gasteiger partial charge on any atom is -0.443 e. The SMILES string of the molecule is CC(C)(C)OC(=O)N(Cc1ccc(S(C)(=O)=O)cc1)c1cccc(-c2c[nH]c3ncc(Cl)cc23)n1.[HH]. The van der Waals surface area contributed by atoms with Crippen molar-refractivity contribution < 1.29 is 19.4 Å². The molecule has 0 atom stereocenters. The number of H-pyrrole nitrogens is 1. The number of amides is 1. The van der Waals surface area contributed by atoms with Crippen molar-refractivity contribution in [3.8, 4) is 11.3 Å². The number of fused-ring (bicyclic) bond motifs is 1. The molecule has 1 N–H and O–H groups in total. The Kier molecular flexibility index (Phi) is 6.57. The van der Waals surface area contributed by atoms with Crippen LogP contribution >= 0.6 is 11.6 Å². The van der Waals surface area contributed by atoms with Crippen LogP contribution in [0.4, 0.5) is 10.6 Å². The van der Waals surface area contributed by atoms with Gasteiger partial charge in [-0.3, -0.25) is 4.90 Å². The second-order valence-electron chi connectivity index (χ2n) is 9.12. The van der Waals surface area contributed by atoms with Crippen LogP contribution in [-0.4, -0.2) is 41.3 Å². The number of carbonyl (C=O) groups is 1. The molecule has 3 heterocycles. The van der Waals surface area contributed by atoms with E-state index in [0.717, 1.165) is 22.8 Å². The molecule has 0 bridgehead atoms. The van der Waals surface area contributed by atoms with Gasteiger partial charge < -0.3 is 9.72 Å². The molecule has 0 saturated heterocycles. The molecule has 8 nitrogen and oxygen atoms in total. The number of rotatable bonds is 5. The van der Waals surface area contributed by atoms with Crippen molar-refractivity contribution in [1.82, 2.24) is 15.0 Å². The number of anilines is 1. The van der Waals surface area contributed by atoms with E-state index in [1.54, 1.807) is 63.5 Å². The largest absolute Gasteiger partial charge is 0.443 e. The van der Waals surface area contributed by atoms with Gasteiger partial charge in [0.15, 0.2) is 9.84 Å². The molecule has 0 aliphatic heterocycles. The Hall–Kier alpha value is -3.43. The van der Waals surface area contributed by atoms with Gasteiger partial charge in [-0.1, -0.05) is 29.8 Å². The Morgan fingerprint density at radius 1 is 1.17 bits per heavy atom. The van der Waals surface area contributed by atoms with Crippen molar-refractivity contribution in [2.24, 2.45) is 0 Å². The smallest absolute Gasteiger partial charge is 0.416 e. The first kappa shape index (κ1) is 24.7. The van der Waals surface area contributed by atoms with Gasteiger partial charge in [0, 0.05) is 31.0 Å². The van der Waals surface area contributed by atoms with E-state index in [-0.39, 0.29) is 12.9 Å². The lowest BCUT2D eigenvalue weighted by atomic mass is 10.1. The van der Waals surface area contributed by atoms with Gasteiger partial charge >= 0.3 is 6.09 Å². The van der Waals surface area contributed by atoms with Gasteiger partial charge in [-0.25, -0.2) is 23.2 Å². The zero-order valence-corrected chi connectivity index (χ0v) is 21.3. The predicted molar refractivity (Wildman–Crippen MR) is 138 cm³/mol. The van der Waals surface area contributed by atoms with Crippen LogP contribution in [0.2, 0.25) is 5.02 Å². The third-order valence-corrected chi connectivity index (χ3v) is 6.43. The summed E-state index contributed by atoms with van der Waals surface area (Å²) in [6, 6.07) is 13.5. The Balaban J connectivity index is 0.00000361. The molecule has 0 aliphatic carbocycles. The highest BCUT2D eigenvalue weighted by molar-refractivity contribution is 7.90. The standard InChI is InChI=1S/C25H25ClN4O4S.H2/c1-25(2,3)34-24(31)30(15-16-8-10-18(11-9-16)35(4,32)33)22-7-5-6-21(29-22)20-14-28-23-19(20)12-17(26)13-27-23;/h5-14H,15H2,1-4H3,(H,27,28);1H. The van der Waals surface area contributed by atoms with Crippen LogP contribution in [0.3, 0.4) is 0 Å². The first-order valence-corrected chi connectivity index (χ1v) is 13.1. The average molecular weight is 515 g/mol. The van der Waals surface area contributed by atoms with E-state index in [9.17, 15) is 13.2 Å². The number of pyridine rings is 2. The number of hydrogen-bond donors (Lipinski definition) is 1. The number of sulfone groups is 1. The molecular weight excluding hydrogens is 488 g/mol. The third-order valence-electron chi connectivity index (χ3n) is 5.09. The van der Waals surface area contributed by atoms with Crippen LogP contribution in [0.15, 0.2) is 65.8 Å². The second-order valence-corrected chi connectivity index (χ2v) is 11.6. The number of benzene rings is 1. The number of aromatic nitrogens is 3. The maximum atomic E-state index is 13.2. The fourth-order valence-electron chi connectivity index (χ4n) is 3.49. The van der Waals surface area contributed by atoms with Crippen molar-refractivity contribution in [2.75, 3.05) is 11.2 Å². The highest BCUT2D eigenvalue weighted by Crippen LogP contribution is 2.30. The molecule has 0 radical (unpaired) electrons. The minimum absolute atomic E-state index is 0. The first-order valence-electron chi connectivity index (χ1n) is 10.8. The van der Waals surface area contributed by atoms with E-state index in [0.29, 0.717) is 22.2 Å². The van der Waals surface area contributed by atoms with E-state index in [1.165, 1.54) is 17.0 Å². The van der Waals surface area contributed by atoms with E-state index >= 15 is 0 Å². The predicted octanol–water partition coefficient (Wildman–Crippen LogP) is 5.87. The highest BCUT2D eigenvalue weighted by atomic mass is 35.5. The van der Waals surface area contributed by atoms with Gasteiger partial charge in [0.2, 0.25) is 0 Å². The number of hydrogen-bond acceptors (Lipinski definition) is 6. The van der Waals surface area contributed by atoms with Crippen LogP contribution in [0.25, 0.3) is 22.3 Å². The summed E-state index contributed by atoms with van der Waals surface area (Å²) in [4.78, 5) is 26.9. The molecule has 0 aliphatic rings. The molecule has 4 aromatic rings. The van der Waals surface area contributed by atoms with Crippen LogP contribution in [0, 0.1) is 0 Å². The minimum atomic E-state index is -3.33. The second kappa shape index (κ2) is 9.31. The summed E-state index contributed by atoms with van der Waals surface area (Å²) >= 11 is 6.15. The lowest BCUT2D eigenvalue weighted by molar-refractivity contribution is 0.0576. The topological polar surface area (TPSA) is 105 Å². The summed E-state index contributed by atoms with van der Waals surface area (Å²) < 4.78 is 29.3. The van der Waals surface area contributed by atoms with Gasteiger partial charge in [0.25, 0.3) is 0 Å². The lowest BCUT2D eigenvalue weighted by Gasteiger charge is -2.27. The van der Waals surface area contributed by atoms with E-state index in [2.05, 4.69) is 9.97 Å². The zero-order valence-electron chi connectivity index (χ0n) is 19.7. The fraction of sp³-hybridized carbons (Fsp3) is 0.240. The molecule has 0 spiro atoms. The van der Waals surface area contributed by atoms with Crippen LogP contribution in [0.1, 0.15) is 27.8 Å². The maximum absolute atomic E-state index is 13.2. The summed E-state index contributed by atoms with van der Waals surface area (Å²) in [5, 5.41) is 1.31. The Labute approximate surface area is 210 Å². The van der Waals surface area contributed by atoms with Crippen molar-refractivity contribution in [2.45, 2.75) is 37.8 Å². The van der Waals surface area contributed by atoms with Gasteiger partial charge in [-0.2, -0.15) is 0 Å². The molecule has 10 heteroatoms. The Bertz CT molecular complexity index is 1500. The van der Waals surface area contributed by atoms with Gasteiger partial charge in [-0.05, 0) is 56.7 Å². The number of nitrogens with one attached hydrogen (secondary N) is 1. The molecular formula is C25H27ClN4O4S. The van der Waals surface area contributed by atoms with Crippen LogP contribution in [0.5, 0.6) is 0 Å². The zero-order chi connectivity index (χ0) is 25.4. The molecule has 3 aromatic heterocycles. The van der Waals surface area contributed by atoms with Crippen molar-refractivity contribution in [3.05, 3.63) is 71.5 Å². The average Bonchev–Trinajstić information content (AvgIpc) is 3.19. The monoisotopic (exact) mass is 514 g/mol. The molecule has 1 amide bonds. The molecule has 35 heavy (non-hydrogen) atoms. The normalized spacial score (nSPS) is 12.0. The van der Waals surface area contributed by atoms with Gasteiger partial charge in [-0.15, -0.1) is 0 Å². The summed E-state index contributed by atoms with van der Waals surface area (Å²) in [5.41, 5.74) is 2.09. The number of halogens is 1. The van der Waals surface area contributed by atoms with E-state index < -0.39 is 21.5 Å². The van der Waals surface area contributed by atoms with E-state index in [4.69, 9.17) is 21.3 Å². The van der Waals surface area contributed by atoms with Crippen molar-refractivity contribution in [3.63, 3.8) is 0 Å². The van der Waals surface area contributed by atoms with Gasteiger partial charge in [0.05, 0.1) is 22.2 Å². The molecule has 4 rings (SSSR count). The number of ether oxygens (including phenoxy) is 1. The van der Waals surface area contributed by atoms with Crippen LogP contribution < -0.4 is 4.90 Å². The Morgan fingerprint density at radius 3 is 2.54 bits per heavy atom. The molecule has 0 saturated carbocycles. The van der Waals surface area contributed by atoms with Crippen molar-refractivity contribution >= 4 is 44.4 Å². The Morgan fingerprint density at radius 2 is 1.89 bits per heavy atom. The van der Waals surface area contributed by atoms with Crippen LogP contribution in [-0.2, 0) is 21.1 Å². The summed E-state index contributed by atoms with van der Waals surface area (Å²) in [5.74, 6) is 0.383. The maximum Gasteiger partial charge on any atom is 0.416 e. The lowest BCUT2D eigenvalue weighted by Crippen LogP contribution is -2.37. The quantitative estimate of drug-likeness (QED) is 0.357. The number of aromatic amines is 1. The fourth-order valence-corrected chi connectivity index (χ4v) is 4.28. The summed E-state index contributed by atoms with van der Waals surface area (Å²) in [7, 11) is -3.33. The van der Waals surface area contributed by atoms with E-state index in [1.807, 2.05) is 6.07 Å². The first-order chi connectivity index (χ1) is 16.4. The number of carbonyl (C=O) groups excluding carboxylic acids is 1. The van der Waals surface area contributed by atoms with Gasteiger partial charge in [0.1, 0.15) is 17.1 Å². The molecule has 1 aromatic carbocycles. The summed E-state index contributed by atoms with van der Waals surface area (Å²) in [6.45, 7) is 5.50.